The van der Waals surface area contributed by atoms with E-state index < -0.39 is 0 Å². The van der Waals surface area contributed by atoms with Gasteiger partial charge >= 0.3 is 0 Å². The number of nitrogens with two attached hydrogens (primary N) is 1. The third kappa shape index (κ3) is 2.71. The van der Waals surface area contributed by atoms with Crippen LogP contribution in [0.4, 0.5) is 5.69 Å². The summed E-state index contributed by atoms with van der Waals surface area (Å²) in [5.74, 6) is 0.326. The van der Waals surface area contributed by atoms with Crippen LogP contribution in [0.5, 0.6) is 5.75 Å². The van der Waals surface area contributed by atoms with Crippen LogP contribution in [0.15, 0.2) is 36.4 Å². The molecule has 0 saturated carbocycles. The summed E-state index contributed by atoms with van der Waals surface area (Å²) in [5.41, 5.74) is 8.04. The van der Waals surface area contributed by atoms with Gasteiger partial charge in [-0.3, -0.25) is 4.79 Å². The topological polar surface area (TPSA) is 52.3 Å². The van der Waals surface area contributed by atoms with Crippen molar-refractivity contribution in [3.8, 4) is 5.75 Å². The first-order valence-corrected chi connectivity index (χ1v) is 6.15. The summed E-state index contributed by atoms with van der Waals surface area (Å²) < 4.78 is 5.22. The van der Waals surface area contributed by atoms with Gasteiger partial charge in [-0.05, 0) is 37.3 Å². The Labute approximate surface area is 117 Å². The molecule has 0 aliphatic heterocycles. The average Bonchev–Trinajstić information content (AvgIpc) is 2.40. The van der Waals surface area contributed by atoms with Crippen molar-refractivity contribution in [2.45, 2.75) is 6.92 Å². The van der Waals surface area contributed by atoms with Crippen LogP contribution in [-0.4, -0.2) is 12.9 Å². The van der Waals surface area contributed by atoms with Crippen LogP contribution in [-0.2, 0) is 0 Å². The number of aryl methyl sites for hydroxylation is 1. The molecule has 4 heteroatoms. The molecule has 2 aromatic rings. The van der Waals surface area contributed by atoms with E-state index in [1.165, 1.54) is 7.11 Å². The van der Waals surface area contributed by atoms with Crippen LogP contribution in [0, 0.1) is 6.92 Å². The SMILES string of the molecule is COc1ccc(C)cc1C(=O)c1cc(N)ccc1Cl. The van der Waals surface area contributed by atoms with Gasteiger partial charge < -0.3 is 10.5 Å². The minimum Gasteiger partial charge on any atom is -0.496 e. The van der Waals surface area contributed by atoms with Crippen molar-refractivity contribution in [1.82, 2.24) is 0 Å². The Morgan fingerprint density at radius 3 is 2.58 bits per heavy atom. The van der Waals surface area contributed by atoms with E-state index in [9.17, 15) is 4.79 Å². The molecule has 0 aliphatic carbocycles. The van der Waals surface area contributed by atoms with Gasteiger partial charge in [0, 0.05) is 11.3 Å². The second-order valence-electron chi connectivity index (χ2n) is 4.27. The number of ether oxygens (including phenoxy) is 1. The molecular weight excluding hydrogens is 262 g/mol. The number of nitrogen functional groups attached to an aromatic ring is 1. The van der Waals surface area contributed by atoms with E-state index in [1.807, 2.05) is 13.0 Å². The van der Waals surface area contributed by atoms with Crippen molar-refractivity contribution < 1.29 is 9.53 Å². The highest BCUT2D eigenvalue weighted by Gasteiger charge is 2.17. The third-order valence-electron chi connectivity index (χ3n) is 2.83. The van der Waals surface area contributed by atoms with Crippen molar-refractivity contribution in [3.05, 3.63) is 58.1 Å². The van der Waals surface area contributed by atoms with Gasteiger partial charge in [-0.25, -0.2) is 0 Å². The molecule has 0 spiro atoms. The van der Waals surface area contributed by atoms with E-state index in [2.05, 4.69) is 0 Å². The molecule has 0 aliphatic rings. The van der Waals surface area contributed by atoms with Gasteiger partial charge in [0.05, 0.1) is 17.7 Å². The maximum absolute atomic E-state index is 12.5. The Bertz CT molecular complexity index is 638. The lowest BCUT2D eigenvalue weighted by atomic mass is 10.00. The summed E-state index contributed by atoms with van der Waals surface area (Å²) in [5, 5.41) is 0.378. The van der Waals surface area contributed by atoms with E-state index >= 15 is 0 Å². The first-order valence-electron chi connectivity index (χ1n) is 5.77. The first-order chi connectivity index (χ1) is 9.02. The van der Waals surface area contributed by atoms with E-state index in [1.54, 1.807) is 30.3 Å². The zero-order chi connectivity index (χ0) is 14.0. The zero-order valence-electron chi connectivity index (χ0n) is 10.7. The van der Waals surface area contributed by atoms with Crippen molar-refractivity contribution in [3.63, 3.8) is 0 Å². The Balaban J connectivity index is 2.55. The molecular formula is C15H14ClNO2. The molecule has 0 radical (unpaired) electrons. The molecule has 0 saturated heterocycles. The number of carbonyl (C=O) groups excluding carboxylic acids is 1. The van der Waals surface area contributed by atoms with Crippen molar-refractivity contribution in [2.75, 3.05) is 12.8 Å². The predicted octanol–water partition coefficient (Wildman–Crippen LogP) is 3.47. The standard InChI is InChI=1S/C15H14ClNO2/c1-9-3-6-14(19-2)12(7-9)15(18)11-8-10(17)4-5-13(11)16/h3-8H,17H2,1-2H3. The molecule has 19 heavy (non-hydrogen) atoms. The fourth-order valence-corrected chi connectivity index (χ4v) is 2.06. The van der Waals surface area contributed by atoms with Crippen LogP contribution < -0.4 is 10.5 Å². The number of hydrogen-bond donors (Lipinski definition) is 1. The number of halogens is 1. The van der Waals surface area contributed by atoms with Crippen LogP contribution >= 0.6 is 11.6 Å². The summed E-state index contributed by atoms with van der Waals surface area (Å²) in [4.78, 5) is 12.5. The number of ketones is 1. The summed E-state index contributed by atoms with van der Waals surface area (Å²) >= 11 is 6.06. The van der Waals surface area contributed by atoms with Gasteiger partial charge in [0.15, 0.2) is 5.78 Å². The number of carbonyl (C=O) groups is 1. The Hall–Kier alpha value is -2.00. The molecule has 0 fully saturated rings. The average molecular weight is 276 g/mol. The molecule has 0 amide bonds. The summed E-state index contributed by atoms with van der Waals surface area (Å²) in [6.07, 6.45) is 0. The lowest BCUT2D eigenvalue weighted by molar-refractivity contribution is 0.103. The van der Waals surface area contributed by atoms with E-state index in [0.29, 0.717) is 27.6 Å². The van der Waals surface area contributed by atoms with Gasteiger partial charge in [0.2, 0.25) is 0 Å². The summed E-state index contributed by atoms with van der Waals surface area (Å²) in [6.45, 7) is 1.91. The minimum atomic E-state index is -0.196. The number of anilines is 1. The van der Waals surface area contributed by atoms with Crippen molar-refractivity contribution in [1.29, 1.82) is 0 Å². The molecule has 0 bridgehead atoms. The van der Waals surface area contributed by atoms with Crippen molar-refractivity contribution >= 4 is 23.1 Å². The van der Waals surface area contributed by atoms with Crippen LogP contribution in [0.25, 0.3) is 0 Å². The van der Waals surface area contributed by atoms with Gasteiger partial charge in [-0.2, -0.15) is 0 Å². The molecule has 0 atom stereocenters. The largest absolute Gasteiger partial charge is 0.496 e. The van der Waals surface area contributed by atoms with Gasteiger partial charge in [0.1, 0.15) is 5.75 Å². The summed E-state index contributed by atoms with van der Waals surface area (Å²) in [7, 11) is 1.53. The lowest BCUT2D eigenvalue weighted by Gasteiger charge is -2.10. The molecule has 2 aromatic carbocycles. The smallest absolute Gasteiger partial charge is 0.198 e. The minimum absolute atomic E-state index is 0.196. The van der Waals surface area contributed by atoms with Crippen LogP contribution in [0.3, 0.4) is 0 Å². The second-order valence-corrected chi connectivity index (χ2v) is 4.68. The number of rotatable bonds is 3. The Kier molecular flexibility index (Phi) is 3.76. The lowest BCUT2D eigenvalue weighted by Crippen LogP contribution is -2.06. The molecule has 2 N–H and O–H groups in total. The fourth-order valence-electron chi connectivity index (χ4n) is 1.86. The molecule has 2 rings (SSSR count). The van der Waals surface area contributed by atoms with Crippen molar-refractivity contribution in [2.24, 2.45) is 0 Å². The highest BCUT2D eigenvalue weighted by Crippen LogP contribution is 2.27. The predicted molar refractivity (Wildman–Crippen MR) is 77.0 cm³/mol. The monoisotopic (exact) mass is 275 g/mol. The van der Waals surface area contributed by atoms with E-state index in [-0.39, 0.29) is 5.78 Å². The molecule has 0 unspecified atom stereocenters. The number of hydrogen-bond acceptors (Lipinski definition) is 3. The van der Waals surface area contributed by atoms with Gasteiger partial charge in [-0.15, -0.1) is 0 Å². The maximum atomic E-state index is 12.5. The number of methoxy groups -OCH3 is 1. The molecule has 98 valence electrons. The van der Waals surface area contributed by atoms with Crippen LogP contribution in [0.1, 0.15) is 21.5 Å². The third-order valence-corrected chi connectivity index (χ3v) is 3.16. The quantitative estimate of drug-likeness (QED) is 0.689. The first kappa shape index (κ1) is 13.4. The molecule has 0 heterocycles. The van der Waals surface area contributed by atoms with Gasteiger partial charge in [0.25, 0.3) is 0 Å². The summed E-state index contributed by atoms with van der Waals surface area (Å²) in [6, 6.07) is 10.3. The van der Waals surface area contributed by atoms with Crippen LogP contribution in [0.2, 0.25) is 5.02 Å². The van der Waals surface area contributed by atoms with E-state index in [0.717, 1.165) is 5.56 Å². The Morgan fingerprint density at radius 1 is 1.16 bits per heavy atom. The zero-order valence-corrected chi connectivity index (χ0v) is 11.5. The molecule has 3 nitrogen and oxygen atoms in total. The molecule has 0 aromatic heterocycles. The maximum Gasteiger partial charge on any atom is 0.198 e. The Morgan fingerprint density at radius 2 is 1.89 bits per heavy atom. The second kappa shape index (κ2) is 5.33. The highest BCUT2D eigenvalue weighted by molar-refractivity contribution is 6.35. The highest BCUT2D eigenvalue weighted by atomic mass is 35.5. The fraction of sp³-hybridized carbons (Fsp3) is 0.133. The normalized spacial score (nSPS) is 10.3. The number of benzene rings is 2. The van der Waals surface area contributed by atoms with E-state index in [4.69, 9.17) is 22.1 Å². The van der Waals surface area contributed by atoms with Gasteiger partial charge in [-0.1, -0.05) is 23.2 Å².